The quantitative estimate of drug-likeness (QED) is 0.485. The van der Waals surface area contributed by atoms with Crippen molar-refractivity contribution in [1.82, 2.24) is 5.23 Å². The van der Waals surface area contributed by atoms with Gasteiger partial charge >= 0.3 is 0 Å². The molecule has 0 rings (SSSR count). The van der Waals surface area contributed by atoms with E-state index in [4.69, 9.17) is 9.68 Å². The van der Waals surface area contributed by atoms with Crippen LogP contribution in [0.4, 0.5) is 0 Å². The zero-order valence-corrected chi connectivity index (χ0v) is 8.66. The van der Waals surface area contributed by atoms with Crippen LogP contribution in [0.25, 0.3) is 0 Å². The van der Waals surface area contributed by atoms with Crippen LogP contribution >= 0.6 is 0 Å². The van der Waals surface area contributed by atoms with Crippen LogP contribution in [0.3, 0.4) is 0 Å². The summed E-state index contributed by atoms with van der Waals surface area (Å²) in [5, 5.41) is 0.926. The Hall–Kier alpha value is -0.870. The largest absolute Gasteiger partial charge is 0.299 e. The van der Waals surface area contributed by atoms with E-state index in [1.807, 2.05) is 0 Å². The highest BCUT2D eigenvalue weighted by molar-refractivity contribution is 5.91. The molecule has 0 fully saturated rings. The zero-order valence-electron chi connectivity index (χ0n) is 8.66. The molecule has 76 valence electrons. The third kappa shape index (κ3) is 4.05. The van der Waals surface area contributed by atoms with Gasteiger partial charge in [-0.15, -0.1) is 0 Å². The summed E-state index contributed by atoms with van der Waals surface area (Å²) in [5.74, 6) is -0.258. The highest BCUT2D eigenvalue weighted by Gasteiger charge is 2.15. The Balaban J connectivity index is 4.27. The van der Waals surface area contributed by atoms with Crippen LogP contribution in [-0.2, 0) is 14.5 Å². The molecule has 4 heteroatoms. The fourth-order valence-electron chi connectivity index (χ4n) is 0.656. The van der Waals surface area contributed by atoms with Gasteiger partial charge in [-0.25, -0.2) is 9.68 Å². The number of nitrogens with zero attached hydrogens (tertiary/aromatic N) is 1. The van der Waals surface area contributed by atoms with Crippen LogP contribution in [0.1, 0.15) is 27.7 Å². The number of hydroxylamine groups is 2. The monoisotopic (exact) mass is 187 g/mol. The molecule has 1 amide bonds. The maximum absolute atomic E-state index is 11.5. The van der Waals surface area contributed by atoms with Gasteiger partial charge in [-0.1, -0.05) is 11.3 Å². The van der Waals surface area contributed by atoms with E-state index >= 15 is 0 Å². The van der Waals surface area contributed by atoms with Gasteiger partial charge in [0.2, 0.25) is 0 Å². The lowest BCUT2D eigenvalue weighted by molar-refractivity contribution is -0.335. The topological polar surface area (TPSA) is 38.8 Å². The third-order valence-electron chi connectivity index (χ3n) is 1.43. The van der Waals surface area contributed by atoms with Gasteiger partial charge in [0.15, 0.2) is 0 Å². The van der Waals surface area contributed by atoms with Crippen molar-refractivity contribution in [2.24, 2.45) is 0 Å². The van der Waals surface area contributed by atoms with E-state index in [2.05, 4.69) is 0 Å². The lowest BCUT2D eigenvalue weighted by Crippen LogP contribution is -2.32. The Morgan fingerprint density at radius 3 is 2.08 bits per heavy atom. The summed E-state index contributed by atoms with van der Waals surface area (Å²) in [6.45, 7) is 7.91. The van der Waals surface area contributed by atoms with E-state index in [-0.39, 0.29) is 5.91 Å². The van der Waals surface area contributed by atoms with E-state index in [1.54, 1.807) is 33.8 Å². The fraction of sp³-hybridized carbons (Fsp3) is 0.667. The second-order valence-electron chi connectivity index (χ2n) is 2.37. The Kier molecular flexibility index (Phi) is 6.18. The molecule has 0 saturated carbocycles. The van der Waals surface area contributed by atoms with Gasteiger partial charge in [-0.05, 0) is 27.7 Å². The Labute approximate surface area is 79.0 Å². The first kappa shape index (κ1) is 12.1. The molecular weight excluding hydrogens is 170 g/mol. The molecule has 0 N–H and O–H groups in total. The maximum atomic E-state index is 11.5. The summed E-state index contributed by atoms with van der Waals surface area (Å²) in [5.41, 5.74) is 0.599. The molecular formula is C9H17NO3. The molecule has 0 aromatic rings. The molecule has 0 aromatic heterocycles. The second-order valence-corrected chi connectivity index (χ2v) is 2.37. The van der Waals surface area contributed by atoms with Gasteiger partial charge in [-0.2, -0.15) is 0 Å². The minimum Gasteiger partial charge on any atom is -0.265 e. The van der Waals surface area contributed by atoms with Crippen molar-refractivity contribution in [3.63, 3.8) is 0 Å². The van der Waals surface area contributed by atoms with Crippen molar-refractivity contribution in [3.8, 4) is 0 Å². The molecule has 0 bridgehead atoms. The number of rotatable bonds is 5. The lowest BCUT2D eigenvalue weighted by Gasteiger charge is -2.18. The van der Waals surface area contributed by atoms with E-state index in [9.17, 15) is 4.79 Å². The minimum atomic E-state index is -0.258. The SMILES string of the molecule is CC=C(C)C(=O)N(OCC)OCC. The van der Waals surface area contributed by atoms with Gasteiger partial charge in [0.05, 0.1) is 13.2 Å². The molecule has 0 spiro atoms. The first-order valence-corrected chi connectivity index (χ1v) is 4.40. The van der Waals surface area contributed by atoms with E-state index in [0.717, 1.165) is 5.23 Å². The summed E-state index contributed by atoms with van der Waals surface area (Å²) in [6.07, 6.45) is 1.72. The van der Waals surface area contributed by atoms with Crippen LogP contribution in [0.15, 0.2) is 11.6 Å². The predicted octanol–water partition coefficient (Wildman–Crippen LogP) is 1.68. The number of hydrogen-bond donors (Lipinski definition) is 0. The molecule has 0 aliphatic rings. The third-order valence-corrected chi connectivity index (χ3v) is 1.43. The van der Waals surface area contributed by atoms with Crippen molar-refractivity contribution < 1.29 is 14.5 Å². The van der Waals surface area contributed by atoms with Gasteiger partial charge in [0.1, 0.15) is 0 Å². The van der Waals surface area contributed by atoms with Gasteiger partial charge in [-0.3, -0.25) is 4.79 Å². The fourth-order valence-corrected chi connectivity index (χ4v) is 0.656. The normalized spacial score (nSPS) is 11.5. The highest BCUT2D eigenvalue weighted by Crippen LogP contribution is 2.02. The molecule has 13 heavy (non-hydrogen) atoms. The van der Waals surface area contributed by atoms with Crippen LogP contribution in [0, 0.1) is 0 Å². The number of carbonyl (C=O) groups is 1. The van der Waals surface area contributed by atoms with E-state index in [0.29, 0.717) is 18.8 Å². The van der Waals surface area contributed by atoms with Crippen molar-refractivity contribution >= 4 is 5.91 Å². The highest BCUT2D eigenvalue weighted by atomic mass is 17.0. The molecule has 0 saturated heterocycles. The number of allylic oxidation sites excluding steroid dienone is 1. The number of hydrogen-bond acceptors (Lipinski definition) is 3. The van der Waals surface area contributed by atoms with Crippen LogP contribution < -0.4 is 0 Å². The molecule has 0 heterocycles. The second kappa shape index (κ2) is 6.62. The van der Waals surface area contributed by atoms with E-state index < -0.39 is 0 Å². The van der Waals surface area contributed by atoms with Crippen molar-refractivity contribution in [1.29, 1.82) is 0 Å². The molecule has 4 nitrogen and oxygen atoms in total. The Morgan fingerprint density at radius 1 is 1.31 bits per heavy atom. The molecule has 0 aliphatic heterocycles. The summed E-state index contributed by atoms with van der Waals surface area (Å²) in [4.78, 5) is 21.4. The van der Waals surface area contributed by atoms with Crippen LogP contribution in [0.5, 0.6) is 0 Å². The van der Waals surface area contributed by atoms with Gasteiger partial charge in [0, 0.05) is 5.57 Å². The molecule has 0 aromatic carbocycles. The first-order valence-electron chi connectivity index (χ1n) is 4.40. The average Bonchev–Trinajstić information content (AvgIpc) is 2.15. The predicted molar refractivity (Wildman–Crippen MR) is 49.5 cm³/mol. The van der Waals surface area contributed by atoms with Crippen molar-refractivity contribution in [2.45, 2.75) is 27.7 Å². The summed E-state index contributed by atoms with van der Waals surface area (Å²) < 4.78 is 0. The van der Waals surface area contributed by atoms with Gasteiger partial charge in [0.25, 0.3) is 5.91 Å². The number of amides is 1. The summed E-state index contributed by atoms with van der Waals surface area (Å²) in [6, 6.07) is 0. The summed E-state index contributed by atoms with van der Waals surface area (Å²) in [7, 11) is 0. The lowest BCUT2D eigenvalue weighted by atomic mass is 10.3. The number of carbonyl (C=O) groups excluding carboxylic acids is 1. The first-order chi connectivity index (χ1) is 6.17. The van der Waals surface area contributed by atoms with Gasteiger partial charge < -0.3 is 0 Å². The van der Waals surface area contributed by atoms with Crippen LogP contribution in [-0.4, -0.2) is 24.3 Å². The smallest absolute Gasteiger partial charge is 0.265 e. The maximum Gasteiger partial charge on any atom is 0.299 e. The standard InChI is InChI=1S/C9H17NO3/c1-5-8(4)9(11)10(12-6-2)13-7-3/h5H,6-7H2,1-4H3. The minimum absolute atomic E-state index is 0.258. The van der Waals surface area contributed by atoms with E-state index in [1.165, 1.54) is 0 Å². The molecule has 0 aliphatic carbocycles. The molecule has 0 atom stereocenters. The average molecular weight is 187 g/mol. The summed E-state index contributed by atoms with van der Waals surface area (Å²) >= 11 is 0. The molecule has 0 unspecified atom stereocenters. The van der Waals surface area contributed by atoms with Crippen molar-refractivity contribution in [2.75, 3.05) is 13.2 Å². The van der Waals surface area contributed by atoms with Crippen LogP contribution in [0.2, 0.25) is 0 Å². The molecule has 0 radical (unpaired) electrons. The van der Waals surface area contributed by atoms with Crippen molar-refractivity contribution in [3.05, 3.63) is 11.6 Å². The Bertz CT molecular complexity index is 183. The zero-order chi connectivity index (χ0) is 10.3. The Morgan fingerprint density at radius 2 is 1.77 bits per heavy atom.